The lowest BCUT2D eigenvalue weighted by Gasteiger charge is -2.14. The molecule has 528 valence electrons. The molecule has 0 saturated carbocycles. The number of amides is 12. The molecule has 1 fully saturated rings. The van der Waals surface area contributed by atoms with Crippen molar-refractivity contribution >= 4 is 89.9 Å². The highest BCUT2D eigenvalue weighted by atomic mass is 16.7. The lowest BCUT2D eigenvalue weighted by atomic mass is 9.89. The van der Waals surface area contributed by atoms with Crippen LogP contribution >= 0.6 is 0 Å². The summed E-state index contributed by atoms with van der Waals surface area (Å²) >= 11 is 0. The Labute approximate surface area is 550 Å². The van der Waals surface area contributed by atoms with Gasteiger partial charge < -0.3 is 63.6 Å². The zero-order valence-electron chi connectivity index (χ0n) is 55.9. The Hall–Kier alpha value is -7.44. The van der Waals surface area contributed by atoms with Gasteiger partial charge in [0.1, 0.15) is 0 Å². The van der Waals surface area contributed by atoms with Gasteiger partial charge in [0.15, 0.2) is 0 Å². The molecule has 0 unspecified atom stereocenters. The minimum absolute atomic E-state index is 0.0354. The molecule has 3 aliphatic heterocycles. The molecule has 3 aliphatic rings. The molecule has 0 spiro atoms. The van der Waals surface area contributed by atoms with Crippen LogP contribution in [0.5, 0.6) is 0 Å². The van der Waals surface area contributed by atoms with E-state index in [1.165, 1.54) is 12.2 Å². The van der Waals surface area contributed by atoms with E-state index < -0.39 is 42.6 Å². The second kappa shape index (κ2) is 59.6. The Morgan fingerprint density at radius 3 is 1.02 bits per heavy atom. The molecule has 30 heteroatoms. The van der Waals surface area contributed by atoms with E-state index in [0.717, 1.165) is 157 Å². The first kappa shape index (κ1) is 87.6. The van der Waals surface area contributed by atoms with Gasteiger partial charge in [-0.05, 0) is 137 Å². The Bertz CT molecular complexity index is 2260. The molecule has 93 heavy (non-hydrogen) atoms. The van der Waals surface area contributed by atoms with E-state index in [9.17, 15) is 67.1 Å². The predicted octanol–water partition coefficient (Wildman–Crippen LogP) is 2.77. The maximum Gasteiger partial charge on any atom is 0.373 e. The molecule has 1 saturated heterocycles. The van der Waals surface area contributed by atoms with Crippen LogP contribution in [0.2, 0.25) is 6.82 Å². The number of rotatable bonds is 47. The van der Waals surface area contributed by atoms with E-state index in [1.807, 2.05) is 20.8 Å². The molecular weight excluding hydrogens is 1210 g/mol. The second-order valence-electron chi connectivity index (χ2n) is 22.0. The van der Waals surface area contributed by atoms with E-state index in [-0.39, 0.29) is 98.9 Å². The molecule has 0 aromatic heterocycles. The maximum atomic E-state index is 11.8. The highest BCUT2D eigenvalue weighted by molar-refractivity contribution is 6.45. The van der Waals surface area contributed by atoms with Gasteiger partial charge in [0, 0.05) is 141 Å². The molecule has 12 amide bonds. The molecule has 3 rings (SSSR count). The van der Waals surface area contributed by atoms with Crippen molar-refractivity contribution in [1.29, 1.82) is 0 Å². The van der Waals surface area contributed by atoms with Crippen molar-refractivity contribution in [3.8, 4) is 0 Å². The number of carbonyl (C=O) groups is 14. The number of nitrogens with zero attached hydrogens (tertiary/aromatic N) is 3. The van der Waals surface area contributed by atoms with E-state index in [1.54, 1.807) is 6.82 Å². The van der Waals surface area contributed by atoms with Crippen LogP contribution in [0.15, 0.2) is 24.3 Å². The average Bonchev–Trinajstić information content (AvgIpc) is 1.82. The number of carbonyl (C=O) groups excluding carboxylic acids is 13. The molecule has 0 aliphatic carbocycles. The monoisotopic (exact) mass is 1320 g/mol. The first-order valence-corrected chi connectivity index (χ1v) is 33.3. The molecular formula is C63H111BN12O17. The zero-order chi connectivity index (χ0) is 69.9. The summed E-state index contributed by atoms with van der Waals surface area (Å²) in [6.45, 7) is 13.9. The van der Waals surface area contributed by atoms with Crippen LogP contribution in [0.3, 0.4) is 0 Å². The van der Waals surface area contributed by atoms with Gasteiger partial charge in [0.2, 0.25) is 35.4 Å². The van der Waals surface area contributed by atoms with Gasteiger partial charge in [0.25, 0.3) is 35.4 Å². The number of unbranched alkanes of at least 4 members (excludes halogenated alkanes) is 12. The second-order valence-corrected chi connectivity index (χ2v) is 22.0. The first-order chi connectivity index (χ1) is 44.6. The van der Waals surface area contributed by atoms with Crippen LogP contribution in [-0.2, 0) is 72.0 Å². The minimum atomic E-state index is -0.749. The maximum absolute atomic E-state index is 11.8. The van der Waals surface area contributed by atoms with E-state index >= 15 is 0 Å². The number of hydroxylamine groups is 2. The van der Waals surface area contributed by atoms with Crippen LogP contribution in [0.4, 0.5) is 0 Å². The SMILES string of the molecule is CB(O)NCCCCCC(=O)O.CCNC(=O)CCCCCN.CCNC(=O)CCCCCNC(=O)CCCCCN.CCNC(=O)CCCCCNC(=O)CCCCCNC(=O)CCCN1C(=O)C=CC1=O.O=C(CCCN1C(=O)C=CC1=O)ON1C(=O)CCC1=O. The lowest BCUT2D eigenvalue weighted by molar-refractivity contribution is -0.197. The Morgan fingerprint density at radius 2 is 0.710 bits per heavy atom. The largest absolute Gasteiger partial charge is 0.481 e. The summed E-state index contributed by atoms with van der Waals surface area (Å²) < 4.78 is 0. The molecule has 13 N–H and O–H groups in total. The highest BCUT2D eigenvalue weighted by Crippen LogP contribution is 2.14. The van der Waals surface area contributed by atoms with Crippen molar-refractivity contribution < 1.29 is 82.1 Å². The molecule has 0 aromatic carbocycles. The Morgan fingerprint density at radius 1 is 0.419 bits per heavy atom. The Kier molecular flexibility index (Phi) is 56.1. The van der Waals surface area contributed by atoms with Gasteiger partial charge in [-0.3, -0.25) is 72.1 Å². The number of carboxylic acids is 1. The molecule has 0 bridgehead atoms. The van der Waals surface area contributed by atoms with Gasteiger partial charge in [-0.25, -0.2) is 4.79 Å². The van der Waals surface area contributed by atoms with Crippen LogP contribution in [0.1, 0.15) is 213 Å². The van der Waals surface area contributed by atoms with Crippen LogP contribution < -0.4 is 48.6 Å². The van der Waals surface area contributed by atoms with Gasteiger partial charge in [-0.1, -0.05) is 38.5 Å². The summed E-state index contributed by atoms with van der Waals surface area (Å²) in [6.07, 6.45) is 25.1. The van der Waals surface area contributed by atoms with Crippen molar-refractivity contribution in [3.05, 3.63) is 24.3 Å². The van der Waals surface area contributed by atoms with Crippen LogP contribution in [0, 0.1) is 0 Å². The molecule has 0 aromatic rings. The molecule has 3 heterocycles. The summed E-state index contributed by atoms with van der Waals surface area (Å²) in [7, 11) is -0.468. The van der Waals surface area contributed by atoms with Gasteiger partial charge in [-0.2, -0.15) is 0 Å². The third-order valence-corrected chi connectivity index (χ3v) is 13.6. The topological polar surface area (TPSA) is 435 Å². The number of imide groups is 3. The number of nitrogens with two attached hydrogens (primary N) is 2. The number of hydrogen-bond donors (Lipinski definition) is 11. The smallest absolute Gasteiger partial charge is 0.373 e. The summed E-state index contributed by atoms with van der Waals surface area (Å²) in [4.78, 5) is 164. The fourth-order valence-corrected chi connectivity index (χ4v) is 8.56. The average molecular weight is 1320 g/mol. The fraction of sp³-hybridized carbons (Fsp3) is 0.714. The number of aliphatic carboxylic acids is 1. The van der Waals surface area contributed by atoms with Crippen molar-refractivity contribution in [1.82, 2.24) is 52.0 Å². The van der Waals surface area contributed by atoms with Crippen molar-refractivity contribution in [2.24, 2.45) is 11.5 Å². The van der Waals surface area contributed by atoms with Gasteiger partial charge >= 0.3 is 19.0 Å². The lowest BCUT2D eigenvalue weighted by Crippen LogP contribution is -2.33. The molecule has 29 nitrogen and oxygen atoms in total. The molecule has 0 radical (unpaired) electrons. The van der Waals surface area contributed by atoms with Crippen molar-refractivity contribution in [3.63, 3.8) is 0 Å². The Balaban J connectivity index is 0. The summed E-state index contributed by atoms with van der Waals surface area (Å²) in [5, 5.41) is 37.3. The van der Waals surface area contributed by atoms with Gasteiger partial charge in [-0.15, -0.1) is 5.06 Å². The van der Waals surface area contributed by atoms with E-state index in [0.29, 0.717) is 82.9 Å². The minimum Gasteiger partial charge on any atom is -0.481 e. The van der Waals surface area contributed by atoms with Gasteiger partial charge in [0.05, 0.1) is 0 Å². The number of nitrogens with one attached hydrogen (secondary N) is 7. The van der Waals surface area contributed by atoms with E-state index in [2.05, 4.69) is 42.0 Å². The molecule has 0 atom stereocenters. The predicted molar refractivity (Wildman–Crippen MR) is 351 cm³/mol. The normalized spacial score (nSPS) is 12.7. The third kappa shape index (κ3) is 52.7. The standard InChI is InChI=1S/C22H36N4O5.C14H29N3O2.C12H12N2O6.C8H18N2O.C7H16BNO3/c1-2-23-18(27)10-5-3-7-15-24-19(28)11-6-4-8-16-25-20(29)12-9-17-26-21(30)13-14-22(26)31;1-2-16-13(18)9-6-4-8-12-17-14(19)10-5-3-7-11-15;15-8-3-4-9(16)13(8)7-1-2-12(19)20-14-10(17)5-6-11(14)18;1-2-10-8(11)6-4-3-5-7-9;1-8(12)9-6-4-2-3-5-7(10)11/h13-14H,2-12,15-17H2,1H3,(H,23,27)(H,24,28)(H,25,29);2-12,15H2,1H3,(H,16,18)(H,17,19);3-4H,1-2,5-7H2;2-7,9H2,1H3,(H,10,11);9,12H,2-6H2,1H3,(H,10,11). The van der Waals surface area contributed by atoms with Crippen molar-refractivity contribution in [2.75, 3.05) is 72.0 Å². The number of hydrogen-bond acceptors (Lipinski definition) is 19. The fourth-order valence-electron chi connectivity index (χ4n) is 8.56. The summed E-state index contributed by atoms with van der Waals surface area (Å²) in [5.74, 6) is -3.66. The first-order valence-electron chi connectivity index (χ1n) is 33.3. The summed E-state index contributed by atoms with van der Waals surface area (Å²) in [6, 6.07) is 0. The van der Waals surface area contributed by atoms with E-state index in [4.69, 9.17) is 21.6 Å². The quantitative estimate of drug-likeness (QED) is 0.0237. The summed E-state index contributed by atoms with van der Waals surface area (Å²) in [5.41, 5.74) is 10.7. The zero-order valence-corrected chi connectivity index (χ0v) is 55.9. The third-order valence-electron chi connectivity index (χ3n) is 13.6. The van der Waals surface area contributed by atoms with Crippen molar-refractivity contribution in [2.45, 2.75) is 220 Å². The highest BCUT2D eigenvalue weighted by Gasteiger charge is 2.33. The number of carboxylic acid groups (broad SMARTS) is 1. The van der Waals surface area contributed by atoms with Crippen LogP contribution in [0.25, 0.3) is 0 Å². The van der Waals surface area contributed by atoms with Crippen LogP contribution in [-0.4, -0.2) is 187 Å².